The Kier molecular flexibility index (Phi) is 2.94. The van der Waals surface area contributed by atoms with E-state index < -0.39 is 0 Å². The third kappa shape index (κ3) is 1.60. The Balaban J connectivity index is 2.45. The Hall–Kier alpha value is -0.300. The second kappa shape index (κ2) is 3.77. The summed E-state index contributed by atoms with van der Waals surface area (Å²) in [5.74, 6) is 0.843. The molecule has 0 aromatic carbocycles. The second-order valence-corrected chi connectivity index (χ2v) is 2.91. The molecule has 0 aromatic heterocycles. The van der Waals surface area contributed by atoms with E-state index in [1.807, 2.05) is 0 Å². The van der Waals surface area contributed by atoms with Crippen molar-refractivity contribution >= 4 is 0 Å². The molecule has 1 N–H and O–H groups in total. The van der Waals surface area contributed by atoms with Crippen LogP contribution in [0.25, 0.3) is 0 Å². The van der Waals surface area contributed by atoms with Gasteiger partial charge in [0.1, 0.15) is 0 Å². The van der Waals surface area contributed by atoms with Crippen molar-refractivity contribution in [1.82, 2.24) is 5.32 Å². The minimum Gasteiger partial charge on any atom is -0.316 e. The lowest BCUT2D eigenvalue weighted by molar-refractivity contribution is 0.655. The predicted octanol–water partition coefficient (Wildman–Crippen LogP) is 1.95. The minimum absolute atomic E-state index is 0.843. The van der Waals surface area contributed by atoms with Gasteiger partial charge in [-0.05, 0) is 32.2 Å². The Morgan fingerprint density at radius 1 is 1.70 bits per heavy atom. The van der Waals surface area contributed by atoms with Crippen LogP contribution >= 0.6 is 0 Å². The summed E-state index contributed by atoms with van der Waals surface area (Å²) in [4.78, 5) is 0. The van der Waals surface area contributed by atoms with Gasteiger partial charge in [0.2, 0.25) is 0 Å². The van der Waals surface area contributed by atoms with Crippen LogP contribution in [0.2, 0.25) is 0 Å². The molecule has 1 atom stereocenters. The third-order valence-electron chi connectivity index (χ3n) is 2.36. The van der Waals surface area contributed by atoms with Crippen LogP contribution in [-0.2, 0) is 0 Å². The zero-order valence-corrected chi connectivity index (χ0v) is 6.98. The van der Waals surface area contributed by atoms with Gasteiger partial charge >= 0.3 is 0 Å². The van der Waals surface area contributed by atoms with Crippen LogP contribution in [0.1, 0.15) is 26.7 Å². The molecule has 1 nitrogen and oxygen atoms in total. The van der Waals surface area contributed by atoms with Gasteiger partial charge in [-0.2, -0.15) is 0 Å². The summed E-state index contributed by atoms with van der Waals surface area (Å²) < 4.78 is 0. The summed E-state index contributed by atoms with van der Waals surface area (Å²) in [6.07, 6.45) is 4.84. The fourth-order valence-electron chi connectivity index (χ4n) is 1.70. The molecule has 0 saturated carbocycles. The van der Waals surface area contributed by atoms with Crippen LogP contribution in [0, 0.1) is 5.92 Å². The van der Waals surface area contributed by atoms with Gasteiger partial charge in [-0.1, -0.05) is 18.6 Å². The summed E-state index contributed by atoms with van der Waals surface area (Å²) in [5, 5.41) is 3.38. The molecule has 0 aromatic rings. The van der Waals surface area contributed by atoms with E-state index in [0.717, 1.165) is 5.92 Å². The van der Waals surface area contributed by atoms with Crippen LogP contribution in [0.15, 0.2) is 11.6 Å². The molecule has 1 aliphatic rings. The highest BCUT2D eigenvalue weighted by atomic mass is 14.9. The summed E-state index contributed by atoms with van der Waals surface area (Å²) in [6.45, 7) is 6.81. The van der Waals surface area contributed by atoms with E-state index >= 15 is 0 Å². The second-order valence-electron chi connectivity index (χ2n) is 2.91. The molecular weight excluding hydrogens is 122 g/mol. The first-order chi connectivity index (χ1) is 4.88. The van der Waals surface area contributed by atoms with Gasteiger partial charge < -0.3 is 5.32 Å². The number of hydrogen-bond donors (Lipinski definition) is 1. The van der Waals surface area contributed by atoms with Crippen molar-refractivity contribution in [1.29, 1.82) is 0 Å². The molecule has 58 valence electrons. The SMILES string of the molecule is C/C=C(/CC)C1CCNC1. The topological polar surface area (TPSA) is 12.0 Å². The molecule has 0 bridgehead atoms. The molecule has 1 aliphatic heterocycles. The minimum atomic E-state index is 0.843. The van der Waals surface area contributed by atoms with Crippen molar-refractivity contribution in [2.75, 3.05) is 13.1 Å². The zero-order chi connectivity index (χ0) is 7.40. The molecule has 1 saturated heterocycles. The lowest BCUT2D eigenvalue weighted by Gasteiger charge is -2.10. The summed E-state index contributed by atoms with van der Waals surface area (Å²) in [5.41, 5.74) is 1.63. The molecule has 10 heavy (non-hydrogen) atoms. The Labute approximate surface area is 63.5 Å². The van der Waals surface area contributed by atoms with Gasteiger partial charge in [-0.25, -0.2) is 0 Å². The van der Waals surface area contributed by atoms with Crippen LogP contribution in [0.5, 0.6) is 0 Å². The first kappa shape index (κ1) is 7.80. The standard InChI is InChI=1S/C9H17N/c1-3-8(4-2)9-5-6-10-7-9/h3,9-10H,4-7H2,1-2H3/b8-3-. The highest BCUT2D eigenvalue weighted by Crippen LogP contribution is 2.20. The molecule has 0 amide bonds. The van der Waals surface area contributed by atoms with E-state index in [1.165, 1.54) is 25.9 Å². The fraction of sp³-hybridized carbons (Fsp3) is 0.778. The fourth-order valence-corrected chi connectivity index (χ4v) is 1.70. The molecule has 0 aliphatic carbocycles. The van der Waals surface area contributed by atoms with E-state index in [9.17, 15) is 0 Å². The summed E-state index contributed by atoms with van der Waals surface area (Å²) >= 11 is 0. The highest BCUT2D eigenvalue weighted by Gasteiger charge is 2.16. The maximum Gasteiger partial charge on any atom is 0.00173 e. The quantitative estimate of drug-likeness (QED) is 0.577. The van der Waals surface area contributed by atoms with Gasteiger partial charge in [-0.15, -0.1) is 0 Å². The van der Waals surface area contributed by atoms with Crippen molar-refractivity contribution in [2.45, 2.75) is 26.7 Å². The van der Waals surface area contributed by atoms with E-state index in [-0.39, 0.29) is 0 Å². The number of hydrogen-bond acceptors (Lipinski definition) is 1. The van der Waals surface area contributed by atoms with E-state index in [4.69, 9.17) is 0 Å². The zero-order valence-electron chi connectivity index (χ0n) is 6.98. The van der Waals surface area contributed by atoms with Crippen molar-refractivity contribution in [3.8, 4) is 0 Å². The summed E-state index contributed by atoms with van der Waals surface area (Å²) in [7, 11) is 0. The van der Waals surface area contributed by atoms with Crippen LogP contribution in [0.3, 0.4) is 0 Å². The van der Waals surface area contributed by atoms with Crippen LogP contribution in [-0.4, -0.2) is 13.1 Å². The first-order valence-electron chi connectivity index (χ1n) is 4.24. The lowest BCUT2D eigenvalue weighted by atomic mass is 9.96. The lowest BCUT2D eigenvalue weighted by Crippen LogP contribution is -2.10. The highest BCUT2D eigenvalue weighted by molar-refractivity contribution is 5.07. The monoisotopic (exact) mass is 139 g/mol. The molecular formula is C9H17N. The summed E-state index contributed by atoms with van der Waals surface area (Å²) in [6, 6.07) is 0. The molecule has 1 heteroatoms. The Morgan fingerprint density at radius 2 is 2.50 bits per heavy atom. The van der Waals surface area contributed by atoms with Crippen molar-refractivity contribution < 1.29 is 0 Å². The van der Waals surface area contributed by atoms with Crippen LogP contribution in [0.4, 0.5) is 0 Å². The Bertz CT molecular complexity index is 121. The van der Waals surface area contributed by atoms with Gasteiger partial charge in [0.05, 0.1) is 0 Å². The number of allylic oxidation sites excluding steroid dienone is 1. The predicted molar refractivity (Wildman–Crippen MR) is 45.0 cm³/mol. The number of rotatable bonds is 2. The van der Waals surface area contributed by atoms with E-state index in [1.54, 1.807) is 5.57 Å². The van der Waals surface area contributed by atoms with Crippen molar-refractivity contribution in [2.24, 2.45) is 5.92 Å². The van der Waals surface area contributed by atoms with E-state index in [2.05, 4.69) is 25.2 Å². The van der Waals surface area contributed by atoms with Gasteiger partial charge in [0, 0.05) is 6.54 Å². The maximum absolute atomic E-state index is 3.38. The Morgan fingerprint density at radius 3 is 2.90 bits per heavy atom. The molecule has 0 radical (unpaired) electrons. The number of nitrogens with one attached hydrogen (secondary N) is 1. The largest absolute Gasteiger partial charge is 0.316 e. The average Bonchev–Trinajstić information content (AvgIpc) is 2.43. The average molecular weight is 139 g/mol. The van der Waals surface area contributed by atoms with Gasteiger partial charge in [0.25, 0.3) is 0 Å². The molecule has 0 spiro atoms. The smallest absolute Gasteiger partial charge is 0.00173 e. The molecule has 1 fully saturated rings. The molecule has 1 unspecified atom stereocenters. The van der Waals surface area contributed by atoms with Gasteiger partial charge in [-0.3, -0.25) is 0 Å². The molecule has 1 rings (SSSR count). The normalized spacial score (nSPS) is 27.4. The van der Waals surface area contributed by atoms with Crippen molar-refractivity contribution in [3.05, 3.63) is 11.6 Å². The van der Waals surface area contributed by atoms with Crippen LogP contribution < -0.4 is 5.32 Å². The van der Waals surface area contributed by atoms with Crippen molar-refractivity contribution in [3.63, 3.8) is 0 Å². The third-order valence-corrected chi connectivity index (χ3v) is 2.36. The van der Waals surface area contributed by atoms with E-state index in [0.29, 0.717) is 0 Å². The van der Waals surface area contributed by atoms with Gasteiger partial charge in [0.15, 0.2) is 0 Å². The first-order valence-corrected chi connectivity index (χ1v) is 4.24. The molecule has 1 heterocycles. The maximum atomic E-state index is 3.38.